The first-order valence-electron chi connectivity index (χ1n) is 10.5. The van der Waals surface area contributed by atoms with Gasteiger partial charge in [-0.1, -0.05) is 66.2 Å². The Morgan fingerprint density at radius 3 is 2.27 bits per heavy atom. The number of fused-ring (bicyclic) bond motifs is 1. The van der Waals surface area contributed by atoms with Crippen LogP contribution in [0.5, 0.6) is 5.75 Å². The van der Waals surface area contributed by atoms with Crippen LogP contribution in [0.2, 0.25) is 5.02 Å². The van der Waals surface area contributed by atoms with Crippen molar-refractivity contribution in [3.8, 4) is 16.9 Å². The number of aromatic nitrogens is 2. The van der Waals surface area contributed by atoms with Crippen LogP contribution in [0.3, 0.4) is 0 Å². The van der Waals surface area contributed by atoms with Gasteiger partial charge in [0.15, 0.2) is 0 Å². The Balaban J connectivity index is 1.73. The van der Waals surface area contributed by atoms with E-state index in [9.17, 15) is 5.11 Å². The highest BCUT2D eigenvalue weighted by atomic mass is 35.5. The van der Waals surface area contributed by atoms with Crippen molar-refractivity contribution in [2.75, 3.05) is 7.11 Å². The first-order chi connectivity index (χ1) is 16.1. The molecule has 0 spiro atoms. The highest BCUT2D eigenvalue weighted by Crippen LogP contribution is 2.40. The topological polar surface area (TPSA) is 55.2 Å². The summed E-state index contributed by atoms with van der Waals surface area (Å²) in [5.74, 6) is 0.713. The second-order valence-electron chi connectivity index (χ2n) is 7.76. The lowest BCUT2D eigenvalue weighted by molar-refractivity contribution is 0.125. The number of hydrogen-bond acceptors (Lipinski definition) is 4. The Bertz CT molecular complexity index is 1410. The maximum atomic E-state index is 12.2. The van der Waals surface area contributed by atoms with Crippen LogP contribution < -0.4 is 4.74 Å². The van der Waals surface area contributed by atoms with E-state index >= 15 is 0 Å². The van der Waals surface area contributed by atoms with Gasteiger partial charge >= 0.3 is 0 Å². The summed E-state index contributed by atoms with van der Waals surface area (Å²) in [6, 6.07) is 26.6. The lowest BCUT2D eigenvalue weighted by Gasteiger charge is -2.30. The molecule has 1 N–H and O–H groups in total. The van der Waals surface area contributed by atoms with Gasteiger partial charge in [-0.2, -0.15) is 0 Å². The van der Waals surface area contributed by atoms with Crippen molar-refractivity contribution in [1.82, 2.24) is 9.97 Å². The zero-order valence-electron chi connectivity index (χ0n) is 17.9. The van der Waals surface area contributed by atoms with E-state index in [2.05, 4.69) is 9.97 Å². The third-order valence-electron chi connectivity index (χ3n) is 5.89. The molecule has 0 radical (unpaired) electrons. The molecule has 0 saturated carbocycles. The number of halogens is 1. The molecule has 0 fully saturated rings. The van der Waals surface area contributed by atoms with Crippen LogP contribution in [0.1, 0.15) is 16.7 Å². The summed E-state index contributed by atoms with van der Waals surface area (Å²) < 4.78 is 5.30. The summed E-state index contributed by atoms with van der Waals surface area (Å²) in [5, 5.41) is 13.5. The molecule has 0 aliphatic rings. The Labute approximate surface area is 197 Å². The minimum Gasteiger partial charge on any atom is -0.497 e. The van der Waals surface area contributed by atoms with Gasteiger partial charge in [0.1, 0.15) is 11.4 Å². The van der Waals surface area contributed by atoms with E-state index in [0.717, 1.165) is 22.0 Å². The summed E-state index contributed by atoms with van der Waals surface area (Å²) in [5.41, 5.74) is 3.16. The quantitative estimate of drug-likeness (QED) is 0.343. The number of rotatable bonds is 5. The number of hydrogen-bond donors (Lipinski definition) is 1. The Morgan fingerprint density at radius 1 is 0.818 bits per heavy atom. The second-order valence-corrected chi connectivity index (χ2v) is 8.14. The Hall–Kier alpha value is -3.73. The van der Waals surface area contributed by atoms with Gasteiger partial charge in [0.25, 0.3) is 0 Å². The van der Waals surface area contributed by atoms with Crippen LogP contribution in [0.4, 0.5) is 0 Å². The largest absolute Gasteiger partial charge is 0.497 e. The van der Waals surface area contributed by atoms with Gasteiger partial charge in [-0.15, -0.1) is 0 Å². The van der Waals surface area contributed by atoms with Gasteiger partial charge in [0.2, 0.25) is 0 Å². The maximum absolute atomic E-state index is 12.2. The molecule has 4 nitrogen and oxygen atoms in total. The van der Waals surface area contributed by atoms with Crippen molar-refractivity contribution < 1.29 is 9.84 Å². The SMILES string of the molecule is COc1ccc(C(O)(c2cccnc2)c2ccc3ncc(-c4ccccc4)c(Cl)c3c2)cc1. The maximum Gasteiger partial charge on any atom is 0.142 e. The van der Waals surface area contributed by atoms with Gasteiger partial charge in [0.05, 0.1) is 17.6 Å². The molecular formula is C28H21ClN2O2. The number of nitrogens with zero attached hydrogens (tertiary/aromatic N) is 2. The third kappa shape index (κ3) is 3.74. The molecule has 5 rings (SSSR count). The van der Waals surface area contributed by atoms with E-state index in [-0.39, 0.29) is 0 Å². The van der Waals surface area contributed by atoms with E-state index in [1.165, 1.54) is 0 Å². The fourth-order valence-corrected chi connectivity index (χ4v) is 4.42. The number of aliphatic hydroxyl groups is 1. The molecule has 33 heavy (non-hydrogen) atoms. The summed E-state index contributed by atoms with van der Waals surface area (Å²) in [7, 11) is 1.62. The average Bonchev–Trinajstić information content (AvgIpc) is 2.89. The van der Waals surface area contributed by atoms with Crippen molar-refractivity contribution in [3.05, 3.63) is 125 Å². The molecule has 5 aromatic rings. The molecule has 1 atom stereocenters. The van der Waals surface area contributed by atoms with E-state index in [0.29, 0.717) is 27.5 Å². The molecule has 3 aromatic carbocycles. The van der Waals surface area contributed by atoms with Crippen molar-refractivity contribution in [3.63, 3.8) is 0 Å². The van der Waals surface area contributed by atoms with Gasteiger partial charge < -0.3 is 9.84 Å². The van der Waals surface area contributed by atoms with E-state index in [1.807, 2.05) is 84.9 Å². The lowest BCUT2D eigenvalue weighted by atomic mass is 9.80. The summed E-state index contributed by atoms with van der Waals surface area (Å²) in [6.45, 7) is 0. The summed E-state index contributed by atoms with van der Waals surface area (Å²) >= 11 is 6.88. The van der Waals surface area contributed by atoms with Gasteiger partial charge in [0, 0.05) is 35.1 Å². The highest BCUT2D eigenvalue weighted by molar-refractivity contribution is 6.38. The van der Waals surface area contributed by atoms with E-state index in [1.54, 1.807) is 25.7 Å². The molecule has 0 aliphatic carbocycles. The van der Waals surface area contributed by atoms with E-state index < -0.39 is 5.60 Å². The smallest absolute Gasteiger partial charge is 0.142 e. The average molecular weight is 453 g/mol. The fraction of sp³-hybridized carbons (Fsp3) is 0.0714. The molecule has 2 heterocycles. The van der Waals surface area contributed by atoms with Crippen molar-refractivity contribution >= 4 is 22.5 Å². The normalized spacial score (nSPS) is 12.9. The van der Waals surface area contributed by atoms with Crippen LogP contribution in [-0.4, -0.2) is 22.2 Å². The lowest BCUT2D eigenvalue weighted by Crippen LogP contribution is -2.29. The van der Waals surface area contributed by atoms with Crippen LogP contribution in [0.25, 0.3) is 22.0 Å². The summed E-state index contributed by atoms with van der Waals surface area (Å²) in [4.78, 5) is 8.86. The molecule has 5 heteroatoms. The van der Waals surface area contributed by atoms with Crippen molar-refractivity contribution in [1.29, 1.82) is 0 Å². The molecule has 0 amide bonds. The predicted molar refractivity (Wildman–Crippen MR) is 132 cm³/mol. The standard InChI is InChI=1S/C28H21ClN2O2/c1-33-23-12-9-20(10-13-23)28(32,22-8-5-15-30-17-22)21-11-14-26-24(16-21)27(29)25(18-31-26)19-6-3-2-4-7-19/h2-18,32H,1H3. The molecule has 0 saturated heterocycles. The molecule has 162 valence electrons. The zero-order valence-corrected chi connectivity index (χ0v) is 18.7. The van der Waals surface area contributed by atoms with E-state index in [4.69, 9.17) is 16.3 Å². The zero-order chi connectivity index (χ0) is 22.8. The number of benzene rings is 3. The summed E-state index contributed by atoms with van der Waals surface area (Å²) in [6.07, 6.45) is 5.15. The first-order valence-corrected chi connectivity index (χ1v) is 10.9. The monoisotopic (exact) mass is 452 g/mol. The highest BCUT2D eigenvalue weighted by Gasteiger charge is 2.34. The minimum absolute atomic E-state index is 0.594. The number of methoxy groups -OCH3 is 1. The van der Waals surface area contributed by atoms with Gasteiger partial charge in [-0.3, -0.25) is 9.97 Å². The Morgan fingerprint density at radius 2 is 1.58 bits per heavy atom. The predicted octanol–water partition coefficient (Wildman–Crippen LogP) is 6.24. The number of ether oxygens (including phenoxy) is 1. The molecule has 1 unspecified atom stereocenters. The molecule has 0 bridgehead atoms. The second kappa shape index (κ2) is 8.66. The first kappa shape index (κ1) is 21.1. The van der Waals surface area contributed by atoms with Crippen molar-refractivity contribution in [2.24, 2.45) is 0 Å². The molecular weight excluding hydrogens is 432 g/mol. The van der Waals surface area contributed by atoms with Gasteiger partial charge in [-0.25, -0.2) is 0 Å². The third-order valence-corrected chi connectivity index (χ3v) is 6.30. The minimum atomic E-state index is -1.44. The van der Waals surface area contributed by atoms with Crippen LogP contribution in [0.15, 0.2) is 104 Å². The van der Waals surface area contributed by atoms with Crippen LogP contribution in [-0.2, 0) is 5.60 Å². The van der Waals surface area contributed by atoms with Crippen LogP contribution in [0, 0.1) is 0 Å². The fourth-order valence-electron chi connectivity index (χ4n) is 4.11. The molecule has 0 aliphatic heterocycles. The van der Waals surface area contributed by atoms with Crippen molar-refractivity contribution in [2.45, 2.75) is 5.60 Å². The number of pyridine rings is 2. The molecule has 2 aromatic heterocycles. The Kier molecular flexibility index (Phi) is 5.55. The van der Waals surface area contributed by atoms with Gasteiger partial charge in [-0.05, 0) is 47.0 Å². The van der Waals surface area contributed by atoms with Crippen LogP contribution >= 0.6 is 11.6 Å².